The van der Waals surface area contributed by atoms with Crippen molar-refractivity contribution in [2.24, 2.45) is 0 Å². The topological polar surface area (TPSA) is 106 Å². The summed E-state index contributed by atoms with van der Waals surface area (Å²) in [7, 11) is 0. The summed E-state index contributed by atoms with van der Waals surface area (Å²) in [6.45, 7) is 12.9. The zero-order valence-corrected chi connectivity index (χ0v) is 16.0. The van der Waals surface area contributed by atoms with Crippen LogP contribution in [0.15, 0.2) is 55.3 Å². The minimum Gasteiger partial charge on any atom is -0.436 e. The molecule has 28 heavy (non-hydrogen) atoms. The average molecular weight is 387 g/mol. The van der Waals surface area contributed by atoms with E-state index in [1.807, 2.05) is 13.8 Å². The first-order valence-corrected chi connectivity index (χ1v) is 8.41. The third-order valence-corrected chi connectivity index (χ3v) is 3.00. The minimum absolute atomic E-state index is 0.0378. The van der Waals surface area contributed by atoms with Crippen molar-refractivity contribution in [3.05, 3.63) is 78.2 Å². The van der Waals surface area contributed by atoms with Crippen molar-refractivity contribution in [1.29, 1.82) is 0 Å². The van der Waals surface area contributed by atoms with Crippen LogP contribution >= 0.6 is 0 Å². The average Bonchev–Trinajstić information content (AvgIpc) is 2.69. The molecule has 0 fully saturated rings. The van der Waals surface area contributed by atoms with E-state index in [4.69, 9.17) is 4.74 Å². The van der Waals surface area contributed by atoms with Crippen LogP contribution < -0.4 is 10.6 Å². The van der Waals surface area contributed by atoms with Gasteiger partial charge in [0, 0.05) is 0 Å². The number of rotatable bonds is 7. The maximum Gasteiger partial charge on any atom is 0.286 e. The standard InChI is InChI=1S/C17H16FN5O3.C2H6/c1-10-4-6-14(23-22-10)9-20-16(24)11(2)26-12(3)21-17(25)15-7-5-13(18)8-19-15;1-2/h4-8H,2-3,9H2,1H3,(H,20,24)(H,21,25);1-2H3. The largest absolute Gasteiger partial charge is 0.436 e. The molecule has 0 unspecified atom stereocenters. The van der Waals surface area contributed by atoms with Gasteiger partial charge in [-0.15, -0.1) is 0 Å². The van der Waals surface area contributed by atoms with Crippen LogP contribution in [0.4, 0.5) is 4.39 Å². The Morgan fingerprint density at radius 1 is 1.14 bits per heavy atom. The molecule has 0 spiro atoms. The van der Waals surface area contributed by atoms with Crippen molar-refractivity contribution < 1.29 is 18.7 Å². The summed E-state index contributed by atoms with van der Waals surface area (Å²) in [6.07, 6.45) is 0.902. The van der Waals surface area contributed by atoms with Gasteiger partial charge in [-0.25, -0.2) is 9.37 Å². The van der Waals surface area contributed by atoms with E-state index < -0.39 is 17.6 Å². The lowest BCUT2D eigenvalue weighted by Gasteiger charge is -2.12. The van der Waals surface area contributed by atoms with Gasteiger partial charge in [-0.3, -0.25) is 14.9 Å². The van der Waals surface area contributed by atoms with Crippen molar-refractivity contribution in [3.63, 3.8) is 0 Å². The first-order valence-electron chi connectivity index (χ1n) is 8.41. The monoisotopic (exact) mass is 387 g/mol. The van der Waals surface area contributed by atoms with E-state index in [9.17, 15) is 14.0 Å². The Morgan fingerprint density at radius 2 is 1.86 bits per heavy atom. The maximum atomic E-state index is 12.8. The first kappa shape index (κ1) is 22.4. The van der Waals surface area contributed by atoms with Crippen LogP contribution in [-0.4, -0.2) is 27.0 Å². The SMILES string of the molecule is C=C(NC(=O)c1ccc(F)cn1)OC(=C)C(=O)NCc1ccc(C)nn1.CC. The molecule has 0 atom stereocenters. The van der Waals surface area contributed by atoms with Crippen LogP contribution in [0.1, 0.15) is 35.7 Å². The third kappa shape index (κ3) is 7.32. The molecule has 8 nitrogen and oxygen atoms in total. The summed E-state index contributed by atoms with van der Waals surface area (Å²) in [6, 6.07) is 5.77. The molecular formula is C19H22FN5O3. The molecule has 0 bridgehead atoms. The van der Waals surface area contributed by atoms with Gasteiger partial charge >= 0.3 is 0 Å². The summed E-state index contributed by atoms with van der Waals surface area (Å²) < 4.78 is 17.9. The van der Waals surface area contributed by atoms with Gasteiger partial charge < -0.3 is 10.1 Å². The Kier molecular flexibility index (Phi) is 8.94. The quantitative estimate of drug-likeness (QED) is 0.558. The van der Waals surface area contributed by atoms with Crippen LogP contribution in [0.3, 0.4) is 0 Å². The number of ether oxygens (including phenoxy) is 1. The minimum atomic E-state index is -0.668. The number of halogens is 1. The summed E-state index contributed by atoms with van der Waals surface area (Å²) in [5.74, 6) is -2.35. The highest BCUT2D eigenvalue weighted by molar-refractivity contribution is 5.93. The molecule has 2 heterocycles. The Bertz CT molecular complexity index is 836. The second-order valence-electron chi connectivity index (χ2n) is 5.11. The summed E-state index contributed by atoms with van der Waals surface area (Å²) >= 11 is 0. The van der Waals surface area contributed by atoms with Crippen molar-refractivity contribution in [2.45, 2.75) is 27.3 Å². The zero-order chi connectivity index (χ0) is 21.1. The van der Waals surface area contributed by atoms with E-state index in [0.717, 1.165) is 18.0 Å². The van der Waals surface area contributed by atoms with Gasteiger partial charge in [-0.2, -0.15) is 10.2 Å². The highest BCUT2D eigenvalue weighted by atomic mass is 19.1. The van der Waals surface area contributed by atoms with Crippen molar-refractivity contribution in [1.82, 2.24) is 25.8 Å². The molecule has 0 saturated heterocycles. The molecule has 2 rings (SSSR count). The van der Waals surface area contributed by atoms with E-state index in [-0.39, 0.29) is 23.9 Å². The van der Waals surface area contributed by atoms with Crippen LogP contribution in [0.5, 0.6) is 0 Å². The fourth-order valence-corrected chi connectivity index (χ4v) is 1.71. The molecule has 0 aliphatic heterocycles. The highest BCUT2D eigenvalue weighted by Gasteiger charge is 2.13. The van der Waals surface area contributed by atoms with Crippen molar-refractivity contribution in [3.8, 4) is 0 Å². The normalized spacial score (nSPS) is 9.43. The molecule has 2 N–H and O–H groups in total. The Hall–Kier alpha value is -3.62. The Balaban J connectivity index is 0.00000190. The van der Waals surface area contributed by atoms with Gasteiger partial charge in [0.1, 0.15) is 11.5 Å². The van der Waals surface area contributed by atoms with E-state index >= 15 is 0 Å². The lowest BCUT2D eigenvalue weighted by Crippen LogP contribution is -2.29. The zero-order valence-electron chi connectivity index (χ0n) is 16.0. The fraction of sp³-hybridized carbons (Fsp3) is 0.211. The molecule has 2 aromatic heterocycles. The molecular weight excluding hydrogens is 365 g/mol. The number of amides is 2. The molecule has 0 aliphatic carbocycles. The van der Waals surface area contributed by atoms with Crippen LogP contribution in [0, 0.1) is 12.7 Å². The number of pyridine rings is 1. The highest BCUT2D eigenvalue weighted by Crippen LogP contribution is 2.04. The van der Waals surface area contributed by atoms with Crippen LogP contribution in [-0.2, 0) is 16.1 Å². The van der Waals surface area contributed by atoms with Gasteiger partial charge in [0.25, 0.3) is 11.8 Å². The molecule has 0 saturated carbocycles. The third-order valence-electron chi connectivity index (χ3n) is 3.00. The van der Waals surface area contributed by atoms with E-state index in [1.165, 1.54) is 6.07 Å². The molecule has 2 aromatic rings. The van der Waals surface area contributed by atoms with E-state index in [0.29, 0.717) is 5.69 Å². The molecule has 9 heteroatoms. The second kappa shape index (κ2) is 11.2. The maximum absolute atomic E-state index is 12.8. The Morgan fingerprint density at radius 3 is 2.43 bits per heavy atom. The smallest absolute Gasteiger partial charge is 0.286 e. The number of hydrogen-bond acceptors (Lipinski definition) is 6. The van der Waals surface area contributed by atoms with Gasteiger partial charge in [-0.05, 0) is 37.8 Å². The number of nitrogens with one attached hydrogen (secondary N) is 2. The molecule has 0 aliphatic rings. The van der Waals surface area contributed by atoms with Gasteiger partial charge in [0.05, 0.1) is 24.1 Å². The number of aryl methyl sites for hydroxylation is 1. The summed E-state index contributed by atoms with van der Waals surface area (Å²) in [4.78, 5) is 27.4. The first-order chi connectivity index (χ1) is 13.3. The van der Waals surface area contributed by atoms with Crippen molar-refractivity contribution in [2.75, 3.05) is 0 Å². The van der Waals surface area contributed by atoms with Gasteiger partial charge in [0.15, 0.2) is 11.6 Å². The van der Waals surface area contributed by atoms with Crippen molar-refractivity contribution >= 4 is 11.8 Å². The molecule has 0 radical (unpaired) electrons. The Labute approximate surface area is 162 Å². The van der Waals surface area contributed by atoms with Crippen LogP contribution in [0.25, 0.3) is 0 Å². The van der Waals surface area contributed by atoms with E-state index in [1.54, 1.807) is 19.1 Å². The van der Waals surface area contributed by atoms with Crippen LogP contribution in [0.2, 0.25) is 0 Å². The summed E-state index contributed by atoms with van der Waals surface area (Å²) in [5.41, 5.74) is 1.28. The number of carbonyl (C=O) groups is 2. The summed E-state index contributed by atoms with van der Waals surface area (Å²) in [5, 5.41) is 12.6. The molecule has 2 amide bonds. The van der Waals surface area contributed by atoms with Gasteiger partial charge in [-0.1, -0.05) is 20.4 Å². The molecule has 0 aromatic carbocycles. The lowest BCUT2D eigenvalue weighted by atomic mass is 10.3. The predicted octanol–water partition coefficient (Wildman–Crippen LogP) is 2.39. The number of aromatic nitrogens is 3. The number of nitrogens with zero attached hydrogens (tertiary/aromatic N) is 3. The molecule has 148 valence electrons. The van der Waals surface area contributed by atoms with Gasteiger partial charge in [0.2, 0.25) is 0 Å². The lowest BCUT2D eigenvalue weighted by molar-refractivity contribution is -0.120. The predicted molar refractivity (Wildman–Crippen MR) is 101 cm³/mol. The number of carbonyl (C=O) groups excluding carboxylic acids is 2. The number of hydrogen-bond donors (Lipinski definition) is 2. The fourth-order valence-electron chi connectivity index (χ4n) is 1.71. The van der Waals surface area contributed by atoms with E-state index in [2.05, 4.69) is 39.0 Å². The second-order valence-corrected chi connectivity index (χ2v) is 5.11.